The molecule has 0 aliphatic heterocycles. The largest absolute Gasteiger partial charge is 0.463 e. The zero-order valence-corrected chi connectivity index (χ0v) is 30.3. The van der Waals surface area contributed by atoms with E-state index in [1.165, 1.54) is 6.42 Å². The molecule has 0 aromatic heterocycles. The van der Waals surface area contributed by atoms with Crippen molar-refractivity contribution in [1.29, 1.82) is 0 Å². The van der Waals surface area contributed by atoms with Gasteiger partial charge in [0.05, 0.1) is 37.0 Å². The van der Waals surface area contributed by atoms with Crippen LogP contribution in [-0.4, -0.2) is 47.3 Å². The van der Waals surface area contributed by atoms with Crippen molar-refractivity contribution in [3.8, 4) is 5.75 Å². The molecular weight excluding hydrogens is 599 g/mol. The normalized spacial score (nSPS) is 39.8. The third-order valence-electron chi connectivity index (χ3n) is 13.3. The molecule has 46 heavy (non-hydrogen) atoms. The van der Waals surface area contributed by atoms with Crippen LogP contribution >= 0.6 is 7.60 Å². The minimum absolute atomic E-state index is 0.0403. The zero-order valence-electron chi connectivity index (χ0n) is 29.4. The van der Waals surface area contributed by atoms with Crippen molar-refractivity contribution >= 4 is 13.6 Å². The van der Waals surface area contributed by atoms with E-state index in [0.29, 0.717) is 47.9 Å². The third kappa shape index (κ3) is 7.00. The first-order chi connectivity index (χ1) is 21.7. The van der Waals surface area contributed by atoms with Crippen molar-refractivity contribution in [2.24, 2.45) is 58.2 Å². The summed E-state index contributed by atoms with van der Waals surface area (Å²) in [6.45, 7) is 15.1. The van der Waals surface area contributed by atoms with E-state index in [9.17, 15) is 19.6 Å². The van der Waals surface area contributed by atoms with E-state index in [1.54, 1.807) is 32.9 Å². The minimum atomic E-state index is -3.64. The van der Waals surface area contributed by atoms with Gasteiger partial charge in [-0.25, -0.2) is 4.57 Å². The standard InChI is InChI=1S/C38H61O7P/c1-8-29-33-22-27(39)16-19-38(33,7)32-17-20-37(6)30(14-15-31(37)34(32)35(29)40)25(4)18-21-43-46(42,45-28-12-10-9-11-13-28)23-26(5)36(41)44-24(2)3/h9-13,24-27,29-35,39-40H,8,14-23H2,1-7H3/t25-,26-,27-,29-,30-,31?,32?,33?,34?,35?,37-,38-,46-/m1/s1. The van der Waals surface area contributed by atoms with Crippen LogP contribution in [0.1, 0.15) is 106 Å². The van der Waals surface area contributed by atoms with Crippen LogP contribution < -0.4 is 4.52 Å². The Balaban J connectivity index is 1.26. The van der Waals surface area contributed by atoms with Crippen LogP contribution in [0.3, 0.4) is 0 Å². The molecule has 5 rings (SSSR count). The van der Waals surface area contributed by atoms with Gasteiger partial charge < -0.3 is 19.5 Å². The molecule has 0 saturated heterocycles. The van der Waals surface area contributed by atoms with Gasteiger partial charge in [0.2, 0.25) is 0 Å². The number of para-hydroxylation sites is 1. The van der Waals surface area contributed by atoms with Gasteiger partial charge in [0.1, 0.15) is 5.75 Å². The first-order valence-corrected chi connectivity index (χ1v) is 20.0. The molecule has 0 radical (unpaired) electrons. The Kier molecular flexibility index (Phi) is 11.1. The molecule has 8 heteroatoms. The predicted octanol–water partition coefficient (Wildman–Crippen LogP) is 8.52. The van der Waals surface area contributed by atoms with Crippen LogP contribution in [0.25, 0.3) is 0 Å². The van der Waals surface area contributed by atoms with E-state index in [1.807, 2.05) is 18.2 Å². The summed E-state index contributed by atoms with van der Waals surface area (Å²) in [5.74, 6) is 2.29. The summed E-state index contributed by atoms with van der Waals surface area (Å²) in [6, 6.07) is 9.04. The fourth-order valence-corrected chi connectivity index (χ4v) is 12.9. The van der Waals surface area contributed by atoms with E-state index in [2.05, 4.69) is 27.7 Å². The van der Waals surface area contributed by atoms with Gasteiger partial charge in [0, 0.05) is 0 Å². The number of aliphatic hydroxyl groups excluding tert-OH is 2. The molecular formula is C38H61O7P. The summed E-state index contributed by atoms with van der Waals surface area (Å²) in [5, 5.41) is 22.6. The second-order valence-electron chi connectivity index (χ2n) is 16.3. The highest BCUT2D eigenvalue weighted by atomic mass is 31.2. The molecule has 4 fully saturated rings. The molecule has 260 valence electrons. The van der Waals surface area contributed by atoms with Crippen LogP contribution in [0.15, 0.2) is 30.3 Å². The summed E-state index contributed by atoms with van der Waals surface area (Å²) < 4.78 is 31.6. The number of carbonyl (C=O) groups excluding carboxylic acids is 1. The first kappa shape index (κ1) is 35.9. The fraction of sp³-hybridized carbons (Fsp3) is 0.816. The summed E-state index contributed by atoms with van der Waals surface area (Å²) >= 11 is 0. The van der Waals surface area contributed by atoms with E-state index in [0.717, 1.165) is 51.4 Å². The SMILES string of the molecule is CC[C@H]1C(O)C2C(CC[C@@]3(C)C2CC[C@@H]3[C@H](C)CCO[P@](=O)(C[C@@H](C)C(=O)OC(C)C)Oc2ccccc2)[C@@]2(C)CC[C@@H](O)CC12. The molecule has 0 bridgehead atoms. The number of hydrogen-bond donors (Lipinski definition) is 2. The van der Waals surface area contributed by atoms with Crippen molar-refractivity contribution in [2.75, 3.05) is 12.8 Å². The smallest absolute Gasteiger partial charge is 0.380 e. The number of carbonyl (C=O) groups is 1. The van der Waals surface area contributed by atoms with Crippen LogP contribution in [0, 0.1) is 58.2 Å². The maximum absolute atomic E-state index is 14.1. The zero-order chi connectivity index (χ0) is 33.4. The van der Waals surface area contributed by atoms with Gasteiger partial charge in [0.25, 0.3) is 0 Å². The molecule has 4 aliphatic carbocycles. The van der Waals surface area contributed by atoms with E-state index in [4.69, 9.17) is 13.8 Å². The molecule has 7 nitrogen and oxygen atoms in total. The monoisotopic (exact) mass is 660 g/mol. The molecule has 0 amide bonds. The molecule has 13 atom stereocenters. The minimum Gasteiger partial charge on any atom is -0.463 e. The Labute approximate surface area is 278 Å². The highest BCUT2D eigenvalue weighted by Crippen LogP contribution is 2.69. The number of fused-ring (bicyclic) bond motifs is 5. The van der Waals surface area contributed by atoms with Crippen molar-refractivity contribution in [3.63, 3.8) is 0 Å². The van der Waals surface area contributed by atoms with Gasteiger partial charge in [-0.2, -0.15) is 0 Å². The fourth-order valence-electron chi connectivity index (χ4n) is 11.0. The van der Waals surface area contributed by atoms with Crippen molar-refractivity contribution in [3.05, 3.63) is 30.3 Å². The Morgan fingerprint density at radius 3 is 2.30 bits per heavy atom. The Morgan fingerprint density at radius 2 is 1.63 bits per heavy atom. The Bertz CT molecular complexity index is 1220. The van der Waals surface area contributed by atoms with Gasteiger partial charge in [-0.1, -0.05) is 59.2 Å². The second kappa shape index (κ2) is 14.2. The van der Waals surface area contributed by atoms with Crippen LogP contribution in [0.5, 0.6) is 5.75 Å². The lowest BCUT2D eigenvalue weighted by atomic mass is 9.41. The van der Waals surface area contributed by atoms with Crippen LogP contribution in [-0.2, 0) is 18.6 Å². The van der Waals surface area contributed by atoms with Gasteiger partial charge in [0.15, 0.2) is 0 Å². The summed E-state index contributed by atoms with van der Waals surface area (Å²) in [6.07, 6.45) is 8.32. The van der Waals surface area contributed by atoms with Crippen molar-refractivity contribution < 1.29 is 33.4 Å². The quantitative estimate of drug-likeness (QED) is 0.171. The molecule has 4 aliphatic rings. The molecule has 5 unspecified atom stereocenters. The molecule has 1 aromatic rings. The van der Waals surface area contributed by atoms with Gasteiger partial charge in [-0.3, -0.25) is 9.32 Å². The maximum Gasteiger partial charge on any atom is 0.380 e. The third-order valence-corrected chi connectivity index (χ3v) is 15.3. The van der Waals surface area contributed by atoms with E-state index >= 15 is 0 Å². The molecule has 0 spiro atoms. The second-order valence-corrected chi connectivity index (χ2v) is 18.3. The number of ether oxygens (including phenoxy) is 1. The molecule has 4 saturated carbocycles. The number of aliphatic hydroxyl groups is 2. The summed E-state index contributed by atoms with van der Waals surface area (Å²) in [5.41, 5.74) is 0.345. The summed E-state index contributed by atoms with van der Waals surface area (Å²) in [7, 11) is -3.64. The number of hydrogen-bond acceptors (Lipinski definition) is 7. The number of benzene rings is 1. The summed E-state index contributed by atoms with van der Waals surface area (Å²) in [4.78, 5) is 12.6. The number of esters is 1. The maximum atomic E-state index is 14.1. The van der Waals surface area contributed by atoms with Crippen molar-refractivity contribution in [2.45, 2.75) is 125 Å². The molecule has 2 N–H and O–H groups in total. The van der Waals surface area contributed by atoms with E-state index < -0.39 is 19.5 Å². The van der Waals surface area contributed by atoms with Crippen LogP contribution in [0.2, 0.25) is 0 Å². The van der Waals surface area contributed by atoms with Crippen LogP contribution in [0.4, 0.5) is 0 Å². The molecule has 0 heterocycles. The topological polar surface area (TPSA) is 102 Å². The lowest BCUT2D eigenvalue weighted by Gasteiger charge is -2.64. The average Bonchev–Trinajstić information content (AvgIpc) is 3.35. The average molecular weight is 661 g/mol. The predicted molar refractivity (Wildman–Crippen MR) is 181 cm³/mol. The Morgan fingerprint density at radius 1 is 0.957 bits per heavy atom. The van der Waals surface area contributed by atoms with Gasteiger partial charge in [-0.05, 0) is 130 Å². The molecule has 1 aromatic carbocycles. The van der Waals surface area contributed by atoms with E-state index in [-0.39, 0.29) is 41.2 Å². The van der Waals surface area contributed by atoms with Gasteiger partial charge >= 0.3 is 13.6 Å². The lowest BCUT2D eigenvalue weighted by molar-refractivity contribution is -0.203. The highest BCUT2D eigenvalue weighted by molar-refractivity contribution is 7.54. The first-order valence-electron chi connectivity index (χ1n) is 18.3. The number of rotatable bonds is 12. The highest BCUT2D eigenvalue weighted by Gasteiger charge is 2.64. The van der Waals surface area contributed by atoms with Crippen molar-refractivity contribution in [1.82, 2.24) is 0 Å². The lowest BCUT2D eigenvalue weighted by Crippen LogP contribution is -2.62. The van der Waals surface area contributed by atoms with Gasteiger partial charge in [-0.15, -0.1) is 0 Å². The Hall–Kier alpha value is -1.40.